The van der Waals surface area contributed by atoms with Gasteiger partial charge in [0.15, 0.2) is 0 Å². The third-order valence-electron chi connectivity index (χ3n) is 5.26. The molecule has 0 saturated carbocycles. The Kier molecular flexibility index (Phi) is 6.42. The molecular formula is C23H24N2O2S2. The van der Waals surface area contributed by atoms with E-state index < -0.39 is 0 Å². The van der Waals surface area contributed by atoms with Crippen molar-refractivity contribution < 1.29 is 9.59 Å². The van der Waals surface area contributed by atoms with Gasteiger partial charge in [0.1, 0.15) is 0 Å². The lowest BCUT2D eigenvalue weighted by Gasteiger charge is -2.22. The van der Waals surface area contributed by atoms with Gasteiger partial charge in [-0.1, -0.05) is 24.3 Å². The molecule has 1 atom stereocenters. The smallest absolute Gasteiger partial charge is 0.252 e. The highest BCUT2D eigenvalue weighted by Gasteiger charge is 2.20. The number of amides is 2. The Hall–Kier alpha value is -2.44. The number of carbonyl (C=O) groups excluding carboxylic acids is 2. The number of hydrogen-bond acceptors (Lipinski definition) is 4. The number of thiophene rings is 2. The van der Waals surface area contributed by atoms with E-state index in [2.05, 4.69) is 34.9 Å². The molecule has 0 spiro atoms. The summed E-state index contributed by atoms with van der Waals surface area (Å²) in [5.41, 5.74) is 4.62. The molecule has 2 aromatic heterocycles. The van der Waals surface area contributed by atoms with E-state index in [4.69, 9.17) is 0 Å². The van der Waals surface area contributed by atoms with Gasteiger partial charge >= 0.3 is 0 Å². The van der Waals surface area contributed by atoms with Crippen LogP contribution in [0.5, 0.6) is 0 Å². The fraction of sp³-hybridized carbons (Fsp3) is 0.304. The van der Waals surface area contributed by atoms with Crippen molar-refractivity contribution in [3.63, 3.8) is 0 Å². The molecule has 2 heterocycles. The molecule has 1 aromatic carbocycles. The maximum atomic E-state index is 12.6. The Balaban J connectivity index is 1.41. The molecule has 2 amide bonds. The van der Waals surface area contributed by atoms with Crippen molar-refractivity contribution in [2.24, 2.45) is 0 Å². The fourth-order valence-corrected chi connectivity index (χ4v) is 5.16. The molecule has 3 aromatic rings. The Morgan fingerprint density at radius 1 is 1.03 bits per heavy atom. The zero-order valence-corrected chi connectivity index (χ0v) is 17.8. The first-order valence-electron chi connectivity index (χ1n) is 9.95. The molecule has 1 aliphatic rings. The van der Waals surface area contributed by atoms with Crippen LogP contribution in [0.1, 0.15) is 57.2 Å². The topological polar surface area (TPSA) is 58.2 Å². The quantitative estimate of drug-likeness (QED) is 0.577. The first-order valence-corrected chi connectivity index (χ1v) is 11.8. The van der Waals surface area contributed by atoms with Crippen molar-refractivity contribution >= 4 is 34.5 Å². The number of rotatable bonds is 7. The van der Waals surface area contributed by atoms with Gasteiger partial charge in [-0.3, -0.25) is 9.59 Å². The molecule has 4 rings (SSSR count). The molecular weight excluding hydrogens is 400 g/mol. The first kappa shape index (κ1) is 19.9. The zero-order valence-electron chi connectivity index (χ0n) is 16.1. The van der Waals surface area contributed by atoms with Gasteiger partial charge in [-0.25, -0.2) is 0 Å². The highest BCUT2D eigenvalue weighted by Crippen LogP contribution is 2.30. The summed E-state index contributed by atoms with van der Waals surface area (Å²) in [6.45, 7) is 0.321. The maximum absolute atomic E-state index is 12.6. The van der Waals surface area contributed by atoms with Crippen LogP contribution in [-0.4, -0.2) is 18.4 Å². The van der Waals surface area contributed by atoms with Gasteiger partial charge in [0, 0.05) is 28.8 Å². The van der Waals surface area contributed by atoms with E-state index in [-0.39, 0.29) is 24.3 Å². The molecule has 2 N–H and O–H groups in total. The van der Waals surface area contributed by atoms with Gasteiger partial charge in [-0.15, -0.1) is 11.3 Å². The molecule has 0 radical (unpaired) electrons. The van der Waals surface area contributed by atoms with E-state index in [9.17, 15) is 9.59 Å². The number of nitrogens with one attached hydrogen (secondary N) is 2. The molecule has 150 valence electrons. The summed E-state index contributed by atoms with van der Waals surface area (Å²) in [6.07, 6.45) is 5.01. The second-order valence-corrected chi connectivity index (χ2v) is 9.03. The summed E-state index contributed by atoms with van der Waals surface area (Å²) < 4.78 is 0. The lowest BCUT2D eigenvalue weighted by Crippen LogP contribution is -2.33. The van der Waals surface area contributed by atoms with Crippen LogP contribution in [0.4, 0.5) is 0 Å². The van der Waals surface area contributed by atoms with E-state index >= 15 is 0 Å². The predicted molar refractivity (Wildman–Crippen MR) is 119 cm³/mol. The molecule has 4 nitrogen and oxygen atoms in total. The average molecular weight is 425 g/mol. The van der Waals surface area contributed by atoms with Crippen molar-refractivity contribution in [2.45, 2.75) is 38.1 Å². The highest BCUT2D eigenvalue weighted by molar-refractivity contribution is 7.10. The van der Waals surface area contributed by atoms with Gasteiger partial charge in [-0.2, -0.15) is 11.3 Å². The van der Waals surface area contributed by atoms with E-state index in [1.54, 1.807) is 22.8 Å². The van der Waals surface area contributed by atoms with E-state index in [0.717, 1.165) is 23.3 Å². The number of fused-ring (bicyclic) bond motifs is 1. The highest BCUT2D eigenvalue weighted by atomic mass is 32.1. The summed E-state index contributed by atoms with van der Waals surface area (Å²) in [7, 11) is 0. The Morgan fingerprint density at radius 3 is 2.66 bits per heavy atom. The second kappa shape index (κ2) is 9.37. The van der Waals surface area contributed by atoms with Gasteiger partial charge in [0.2, 0.25) is 5.91 Å². The van der Waals surface area contributed by atoms with E-state index in [1.165, 1.54) is 35.3 Å². The number of carbonyl (C=O) groups is 2. The molecule has 1 aliphatic carbocycles. The van der Waals surface area contributed by atoms with Crippen molar-refractivity contribution in [2.75, 3.05) is 6.54 Å². The lowest BCUT2D eigenvalue weighted by molar-refractivity contribution is -0.121. The summed E-state index contributed by atoms with van der Waals surface area (Å²) in [6, 6.07) is 12.3. The maximum Gasteiger partial charge on any atom is 0.252 e. The summed E-state index contributed by atoms with van der Waals surface area (Å²) in [5, 5.41) is 11.7. The van der Waals surface area contributed by atoms with Crippen molar-refractivity contribution in [1.29, 1.82) is 0 Å². The predicted octanol–water partition coefficient (Wildman–Crippen LogP) is 4.71. The standard InChI is InChI=1S/C23H24N2O2S2/c26-21(9-11-24-23(27)19-10-13-28-15-19)25-22(20-6-3-12-29-20)18-8-7-16-4-1-2-5-17(16)14-18/h3,6-8,10,12-15,22H,1-2,4-5,9,11H2,(H,24,27)(H,25,26). The van der Waals surface area contributed by atoms with Crippen LogP contribution in [0, 0.1) is 0 Å². The Morgan fingerprint density at radius 2 is 1.90 bits per heavy atom. The molecule has 29 heavy (non-hydrogen) atoms. The van der Waals surface area contributed by atoms with Crippen molar-refractivity contribution in [1.82, 2.24) is 10.6 Å². The van der Waals surface area contributed by atoms with Crippen LogP contribution >= 0.6 is 22.7 Å². The van der Waals surface area contributed by atoms with Crippen LogP contribution in [0.2, 0.25) is 0 Å². The summed E-state index contributed by atoms with van der Waals surface area (Å²) in [5.74, 6) is -0.199. The van der Waals surface area contributed by atoms with Crippen LogP contribution in [0.3, 0.4) is 0 Å². The van der Waals surface area contributed by atoms with Crippen molar-refractivity contribution in [3.05, 3.63) is 79.7 Å². The largest absolute Gasteiger partial charge is 0.351 e. The fourth-order valence-electron chi connectivity index (χ4n) is 3.73. The minimum atomic E-state index is -0.151. The SMILES string of the molecule is O=C(CCNC(=O)c1ccsc1)NC(c1ccc2c(c1)CCCC2)c1cccs1. The Labute approximate surface area is 179 Å². The monoisotopic (exact) mass is 424 g/mol. The Bertz CT molecular complexity index is 965. The van der Waals surface area contributed by atoms with Gasteiger partial charge in [0.25, 0.3) is 5.91 Å². The number of aryl methyl sites for hydroxylation is 2. The lowest BCUT2D eigenvalue weighted by atomic mass is 9.89. The van der Waals surface area contributed by atoms with Crippen LogP contribution in [-0.2, 0) is 17.6 Å². The summed E-state index contributed by atoms with van der Waals surface area (Å²) >= 11 is 3.13. The van der Waals surface area contributed by atoms with Gasteiger partial charge in [0.05, 0.1) is 6.04 Å². The van der Waals surface area contributed by atoms with Gasteiger partial charge < -0.3 is 10.6 Å². The summed E-state index contributed by atoms with van der Waals surface area (Å²) in [4.78, 5) is 25.8. The van der Waals surface area contributed by atoms with E-state index in [0.29, 0.717) is 12.1 Å². The molecule has 1 unspecified atom stereocenters. The first-order chi connectivity index (χ1) is 14.2. The molecule has 0 aliphatic heterocycles. The molecule has 0 bridgehead atoms. The normalized spacial score (nSPS) is 14.1. The van der Waals surface area contributed by atoms with Crippen LogP contribution in [0.25, 0.3) is 0 Å². The third kappa shape index (κ3) is 4.95. The zero-order chi connectivity index (χ0) is 20.1. The molecule has 6 heteroatoms. The van der Waals surface area contributed by atoms with Crippen LogP contribution < -0.4 is 10.6 Å². The number of benzene rings is 1. The second-order valence-electron chi connectivity index (χ2n) is 7.27. The minimum absolute atomic E-state index is 0.0632. The van der Waals surface area contributed by atoms with Gasteiger partial charge in [-0.05, 0) is 65.3 Å². The number of hydrogen-bond donors (Lipinski definition) is 2. The third-order valence-corrected chi connectivity index (χ3v) is 6.88. The van der Waals surface area contributed by atoms with Crippen molar-refractivity contribution in [3.8, 4) is 0 Å². The average Bonchev–Trinajstić information content (AvgIpc) is 3.46. The van der Waals surface area contributed by atoms with Crippen LogP contribution in [0.15, 0.2) is 52.5 Å². The van der Waals surface area contributed by atoms with E-state index in [1.807, 2.05) is 16.8 Å². The molecule has 0 fully saturated rings. The minimum Gasteiger partial charge on any atom is -0.351 e. The molecule has 0 saturated heterocycles.